The molecule has 0 bridgehead atoms. The number of benzene rings is 1. The molecule has 0 aliphatic heterocycles. The summed E-state index contributed by atoms with van der Waals surface area (Å²) in [6.45, 7) is 5.78. The van der Waals surface area contributed by atoms with E-state index in [4.69, 9.17) is 10.00 Å². The van der Waals surface area contributed by atoms with Gasteiger partial charge in [0.05, 0.1) is 11.6 Å². The standard InChI is InChI=1S/C12H14N2O/c1-2-7-14-8-9-15-12-5-3-11(10-13)4-6-12/h2-6,14H,1,7-9H2. The summed E-state index contributed by atoms with van der Waals surface area (Å²) in [5.41, 5.74) is 0.645. The van der Waals surface area contributed by atoms with E-state index in [1.54, 1.807) is 24.3 Å². The van der Waals surface area contributed by atoms with Gasteiger partial charge < -0.3 is 10.1 Å². The highest BCUT2D eigenvalue weighted by molar-refractivity contribution is 5.34. The van der Waals surface area contributed by atoms with Crippen molar-refractivity contribution < 1.29 is 4.74 Å². The lowest BCUT2D eigenvalue weighted by molar-refractivity contribution is 0.316. The van der Waals surface area contributed by atoms with Gasteiger partial charge in [0, 0.05) is 13.1 Å². The molecule has 3 nitrogen and oxygen atoms in total. The summed E-state index contributed by atoms with van der Waals surface area (Å²) in [6, 6.07) is 9.14. The number of rotatable bonds is 6. The van der Waals surface area contributed by atoms with Gasteiger partial charge in [-0.2, -0.15) is 5.26 Å². The van der Waals surface area contributed by atoms with Crippen LogP contribution in [0.5, 0.6) is 5.75 Å². The van der Waals surface area contributed by atoms with Gasteiger partial charge in [0.2, 0.25) is 0 Å². The lowest BCUT2D eigenvalue weighted by Crippen LogP contribution is -2.20. The Bertz CT molecular complexity index is 338. The second-order valence-corrected chi connectivity index (χ2v) is 2.98. The van der Waals surface area contributed by atoms with Crippen LogP contribution < -0.4 is 10.1 Å². The fourth-order valence-corrected chi connectivity index (χ4v) is 1.07. The molecular weight excluding hydrogens is 188 g/mol. The van der Waals surface area contributed by atoms with E-state index in [0.29, 0.717) is 12.2 Å². The predicted molar refractivity (Wildman–Crippen MR) is 59.7 cm³/mol. The summed E-state index contributed by atoms with van der Waals surface area (Å²) in [7, 11) is 0. The van der Waals surface area contributed by atoms with Crippen molar-refractivity contribution in [1.82, 2.24) is 5.32 Å². The molecule has 0 spiro atoms. The molecule has 0 saturated heterocycles. The summed E-state index contributed by atoms with van der Waals surface area (Å²) in [4.78, 5) is 0. The molecule has 0 unspecified atom stereocenters. The lowest BCUT2D eigenvalue weighted by atomic mass is 10.2. The molecule has 0 aromatic heterocycles. The van der Waals surface area contributed by atoms with Crippen LogP contribution in [0.3, 0.4) is 0 Å². The highest BCUT2D eigenvalue weighted by Crippen LogP contribution is 2.10. The predicted octanol–water partition coefficient (Wildman–Crippen LogP) is 1.71. The maximum absolute atomic E-state index is 8.59. The molecule has 1 rings (SSSR count). The maximum Gasteiger partial charge on any atom is 0.119 e. The van der Waals surface area contributed by atoms with Gasteiger partial charge in [0.25, 0.3) is 0 Å². The number of nitrogens with zero attached hydrogens (tertiary/aromatic N) is 1. The largest absolute Gasteiger partial charge is 0.492 e. The minimum Gasteiger partial charge on any atom is -0.492 e. The lowest BCUT2D eigenvalue weighted by Gasteiger charge is -2.05. The molecule has 1 N–H and O–H groups in total. The number of nitrogens with one attached hydrogen (secondary N) is 1. The van der Waals surface area contributed by atoms with Gasteiger partial charge in [-0.15, -0.1) is 6.58 Å². The van der Waals surface area contributed by atoms with E-state index in [0.717, 1.165) is 18.8 Å². The first kappa shape index (κ1) is 11.3. The Morgan fingerprint density at radius 2 is 2.13 bits per heavy atom. The van der Waals surface area contributed by atoms with Gasteiger partial charge in [-0.1, -0.05) is 6.08 Å². The zero-order chi connectivity index (χ0) is 10.9. The highest BCUT2D eigenvalue weighted by atomic mass is 16.5. The average molecular weight is 202 g/mol. The Labute approximate surface area is 90.0 Å². The molecule has 1 aromatic carbocycles. The summed E-state index contributed by atoms with van der Waals surface area (Å²) in [5.74, 6) is 0.786. The van der Waals surface area contributed by atoms with E-state index < -0.39 is 0 Å². The topological polar surface area (TPSA) is 45.0 Å². The Balaban J connectivity index is 2.26. The van der Waals surface area contributed by atoms with E-state index >= 15 is 0 Å². The van der Waals surface area contributed by atoms with Crippen molar-refractivity contribution in [2.75, 3.05) is 19.7 Å². The molecule has 3 heteroatoms. The third kappa shape index (κ3) is 4.30. The first-order valence-electron chi connectivity index (χ1n) is 4.81. The van der Waals surface area contributed by atoms with Crippen LogP contribution in [0.15, 0.2) is 36.9 Å². The molecule has 0 aliphatic carbocycles. The van der Waals surface area contributed by atoms with Crippen molar-refractivity contribution >= 4 is 0 Å². The van der Waals surface area contributed by atoms with Gasteiger partial charge in [0.1, 0.15) is 12.4 Å². The van der Waals surface area contributed by atoms with Crippen molar-refractivity contribution in [3.05, 3.63) is 42.5 Å². The summed E-state index contributed by atoms with van der Waals surface area (Å²) < 4.78 is 5.45. The maximum atomic E-state index is 8.59. The van der Waals surface area contributed by atoms with Gasteiger partial charge in [-0.25, -0.2) is 0 Å². The molecule has 0 amide bonds. The fourth-order valence-electron chi connectivity index (χ4n) is 1.07. The number of ether oxygens (including phenoxy) is 1. The first-order valence-corrected chi connectivity index (χ1v) is 4.81. The average Bonchev–Trinajstić information content (AvgIpc) is 2.30. The van der Waals surface area contributed by atoms with Crippen LogP contribution in [-0.4, -0.2) is 19.7 Å². The van der Waals surface area contributed by atoms with E-state index in [9.17, 15) is 0 Å². The van der Waals surface area contributed by atoms with Gasteiger partial charge >= 0.3 is 0 Å². The quantitative estimate of drug-likeness (QED) is 0.564. The molecule has 15 heavy (non-hydrogen) atoms. The normalized spacial score (nSPS) is 9.27. The van der Waals surface area contributed by atoms with E-state index in [-0.39, 0.29) is 0 Å². The van der Waals surface area contributed by atoms with Crippen molar-refractivity contribution in [3.63, 3.8) is 0 Å². The van der Waals surface area contributed by atoms with Crippen LogP contribution >= 0.6 is 0 Å². The molecule has 0 heterocycles. The third-order valence-electron chi connectivity index (χ3n) is 1.82. The van der Waals surface area contributed by atoms with E-state index in [2.05, 4.69) is 18.0 Å². The van der Waals surface area contributed by atoms with Crippen LogP contribution in [0.25, 0.3) is 0 Å². The number of hydrogen-bond acceptors (Lipinski definition) is 3. The molecule has 0 fully saturated rings. The molecule has 0 aliphatic rings. The van der Waals surface area contributed by atoms with Crippen molar-refractivity contribution in [2.45, 2.75) is 0 Å². The van der Waals surface area contributed by atoms with Crippen molar-refractivity contribution in [3.8, 4) is 11.8 Å². The Morgan fingerprint density at radius 3 is 2.73 bits per heavy atom. The molecule has 78 valence electrons. The Morgan fingerprint density at radius 1 is 1.40 bits per heavy atom. The van der Waals surface area contributed by atoms with Gasteiger partial charge in [0.15, 0.2) is 0 Å². The second-order valence-electron chi connectivity index (χ2n) is 2.98. The fraction of sp³-hybridized carbons (Fsp3) is 0.250. The molecule has 1 aromatic rings. The van der Waals surface area contributed by atoms with Crippen molar-refractivity contribution in [2.24, 2.45) is 0 Å². The van der Waals surface area contributed by atoms with Gasteiger partial charge in [-0.3, -0.25) is 0 Å². The minimum absolute atomic E-state index is 0.611. The molecular formula is C12H14N2O. The van der Waals surface area contributed by atoms with Crippen LogP contribution in [0.2, 0.25) is 0 Å². The van der Waals surface area contributed by atoms with E-state index in [1.165, 1.54) is 0 Å². The van der Waals surface area contributed by atoms with Crippen molar-refractivity contribution in [1.29, 1.82) is 5.26 Å². The molecule has 0 radical (unpaired) electrons. The zero-order valence-electron chi connectivity index (χ0n) is 8.57. The first-order chi connectivity index (χ1) is 7.36. The van der Waals surface area contributed by atoms with Crippen LogP contribution in [0.4, 0.5) is 0 Å². The minimum atomic E-state index is 0.611. The Kier molecular flexibility index (Phi) is 4.99. The SMILES string of the molecule is C=CCNCCOc1ccc(C#N)cc1. The van der Waals surface area contributed by atoms with Gasteiger partial charge in [-0.05, 0) is 24.3 Å². The second kappa shape index (κ2) is 6.63. The Hall–Kier alpha value is -1.79. The summed E-state index contributed by atoms with van der Waals surface area (Å²) >= 11 is 0. The molecule has 0 atom stereocenters. The number of nitriles is 1. The van der Waals surface area contributed by atoms with Crippen LogP contribution in [0, 0.1) is 11.3 Å². The monoisotopic (exact) mass is 202 g/mol. The highest BCUT2D eigenvalue weighted by Gasteiger charge is 1.93. The summed E-state index contributed by atoms with van der Waals surface area (Å²) in [6.07, 6.45) is 1.81. The molecule has 0 saturated carbocycles. The number of hydrogen-bond donors (Lipinski definition) is 1. The van der Waals surface area contributed by atoms with E-state index in [1.807, 2.05) is 6.08 Å². The van der Waals surface area contributed by atoms with Crippen LogP contribution in [0.1, 0.15) is 5.56 Å². The summed E-state index contributed by atoms with van der Waals surface area (Å²) in [5, 5.41) is 11.7. The zero-order valence-corrected chi connectivity index (χ0v) is 8.57. The third-order valence-corrected chi connectivity index (χ3v) is 1.82. The smallest absolute Gasteiger partial charge is 0.119 e. The van der Waals surface area contributed by atoms with Crippen LogP contribution in [-0.2, 0) is 0 Å².